The van der Waals surface area contributed by atoms with Gasteiger partial charge in [0.25, 0.3) is 0 Å². The second kappa shape index (κ2) is 5.93. The van der Waals surface area contributed by atoms with Gasteiger partial charge < -0.3 is 9.64 Å². The third kappa shape index (κ3) is 2.46. The van der Waals surface area contributed by atoms with E-state index in [1.54, 1.807) is 7.11 Å². The summed E-state index contributed by atoms with van der Waals surface area (Å²) in [6.07, 6.45) is 2.55. The van der Waals surface area contributed by atoms with E-state index in [1.807, 2.05) is 36.4 Å². The van der Waals surface area contributed by atoms with Crippen LogP contribution < -0.4 is 9.64 Å². The summed E-state index contributed by atoms with van der Waals surface area (Å²) >= 11 is 0. The fraction of sp³-hybridized carbons (Fsp3) is 0.350. The number of piperidine rings is 2. The van der Waals surface area contributed by atoms with Crippen molar-refractivity contribution < 1.29 is 13.9 Å². The van der Waals surface area contributed by atoms with Gasteiger partial charge >= 0.3 is 0 Å². The molecule has 2 bridgehead atoms. The van der Waals surface area contributed by atoms with Crippen molar-refractivity contribution in [3.8, 4) is 5.75 Å². The maximum absolute atomic E-state index is 13.3. The van der Waals surface area contributed by atoms with Crippen LogP contribution in [-0.4, -0.2) is 18.9 Å². The summed E-state index contributed by atoms with van der Waals surface area (Å²) in [6, 6.07) is 14.8. The predicted octanol–water partition coefficient (Wildman–Crippen LogP) is 4.13. The Morgan fingerprint density at radius 3 is 2.38 bits per heavy atom. The van der Waals surface area contributed by atoms with E-state index in [0.717, 1.165) is 29.8 Å². The van der Waals surface area contributed by atoms with E-state index >= 15 is 0 Å². The smallest absolute Gasteiger partial charge is 0.140 e. The number of hydrogen-bond acceptors (Lipinski definition) is 3. The summed E-state index contributed by atoms with van der Waals surface area (Å²) in [6.45, 7) is 0. The third-order valence-corrected chi connectivity index (χ3v) is 5.32. The highest BCUT2D eigenvalue weighted by Crippen LogP contribution is 2.48. The number of fused-ring (bicyclic) bond motifs is 3. The van der Waals surface area contributed by atoms with Gasteiger partial charge in [0.05, 0.1) is 13.2 Å². The van der Waals surface area contributed by atoms with E-state index in [9.17, 15) is 9.18 Å². The largest absolute Gasteiger partial charge is 0.497 e. The van der Waals surface area contributed by atoms with Crippen molar-refractivity contribution in [1.29, 1.82) is 0 Å². The van der Waals surface area contributed by atoms with Crippen LogP contribution in [0.1, 0.15) is 30.9 Å². The summed E-state index contributed by atoms with van der Waals surface area (Å²) in [5.41, 5.74) is 2.10. The zero-order valence-electron chi connectivity index (χ0n) is 13.6. The molecule has 2 aromatic rings. The Morgan fingerprint density at radius 1 is 1.04 bits per heavy atom. The minimum atomic E-state index is -0.248. The molecule has 1 saturated carbocycles. The fourth-order valence-electron chi connectivity index (χ4n) is 4.19. The molecule has 3 aliphatic rings. The van der Waals surface area contributed by atoms with Crippen LogP contribution in [0.4, 0.5) is 10.1 Å². The highest BCUT2D eigenvalue weighted by molar-refractivity contribution is 5.86. The summed E-state index contributed by atoms with van der Waals surface area (Å²) in [4.78, 5) is 14.8. The highest BCUT2D eigenvalue weighted by Gasteiger charge is 2.47. The van der Waals surface area contributed by atoms with Crippen molar-refractivity contribution >= 4 is 11.5 Å². The Labute approximate surface area is 141 Å². The van der Waals surface area contributed by atoms with E-state index in [4.69, 9.17) is 4.74 Å². The van der Waals surface area contributed by atoms with Crippen molar-refractivity contribution in [3.63, 3.8) is 0 Å². The number of carbonyl (C=O) groups excluding carboxylic acids is 1. The van der Waals surface area contributed by atoms with Crippen LogP contribution in [-0.2, 0) is 4.79 Å². The average molecular weight is 325 g/mol. The van der Waals surface area contributed by atoms with E-state index in [1.165, 1.54) is 12.1 Å². The number of rotatable bonds is 3. The predicted molar refractivity (Wildman–Crippen MR) is 90.8 cm³/mol. The van der Waals surface area contributed by atoms with Gasteiger partial charge in [-0.1, -0.05) is 12.1 Å². The lowest BCUT2D eigenvalue weighted by atomic mass is 9.71. The Morgan fingerprint density at radius 2 is 1.75 bits per heavy atom. The SMILES string of the molecule is COc1ccc(N2[C@H]3CC[C@H](C(=O)C3)[C@H]2c2ccc(F)cc2)cc1. The normalized spacial score (nSPS) is 25.8. The molecule has 2 aliphatic heterocycles. The lowest BCUT2D eigenvalue weighted by Crippen LogP contribution is -2.54. The molecule has 3 atom stereocenters. The van der Waals surface area contributed by atoms with Gasteiger partial charge in [-0.25, -0.2) is 4.39 Å². The van der Waals surface area contributed by atoms with Crippen LogP contribution in [0, 0.1) is 11.7 Å². The van der Waals surface area contributed by atoms with E-state index in [-0.39, 0.29) is 23.8 Å². The molecule has 3 nitrogen and oxygen atoms in total. The second-order valence-corrected chi connectivity index (χ2v) is 6.61. The van der Waals surface area contributed by atoms with Gasteiger partial charge in [0.1, 0.15) is 17.3 Å². The summed E-state index contributed by atoms with van der Waals surface area (Å²) in [5, 5.41) is 0. The summed E-state index contributed by atoms with van der Waals surface area (Å²) < 4.78 is 18.6. The van der Waals surface area contributed by atoms with E-state index in [0.29, 0.717) is 12.2 Å². The van der Waals surface area contributed by atoms with Crippen molar-refractivity contribution in [1.82, 2.24) is 0 Å². The minimum Gasteiger partial charge on any atom is -0.497 e. The van der Waals surface area contributed by atoms with Crippen LogP contribution in [0.25, 0.3) is 0 Å². The number of hydrogen-bond donors (Lipinski definition) is 0. The molecule has 2 saturated heterocycles. The summed E-state index contributed by atoms with van der Waals surface area (Å²) in [7, 11) is 1.65. The first-order chi connectivity index (χ1) is 11.7. The van der Waals surface area contributed by atoms with Gasteiger partial charge in [0.15, 0.2) is 0 Å². The van der Waals surface area contributed by atoms with Crippen LogP contribution in [0.2, 0.25) is 0 Å². The van der Waals surface area contributed by atoms with Crippen molar-refractivity contribution in [2.24, 2.45) is 5.92 Å². The number of carbonyl (C=O) groups is 1. The fourth-order valence-corrected chi connectivity index (χ4v) is 4.19. The molecule has 0 N–H and O–H groups in total. The van der Waals surface area contributed by atoms with Crippen molar-refractivity contribution in [2.45, 2.75) is 31.3 Å². The lowest BCUT2D eigenvalue weighted by molar-refractivity contribution is -0.128. The quantitative estimate of drug-likeness (QED) is 0.850. The van der Waals surface area contributed by atoms with Crippen LogP contribution in [0.15, 0.2) is 48.5 Å². The highest BCUT2D eigenvalue weighted by atomic mass is 19.1. The number of benzene rings is 2. The Hall–Kier alpha value is -2.36. The topological polar surface area (TPSA) is 29.5 Å². The number of nitrogens with zero attached hydrogens (tertiary/aromatic N) is 1. The van der Waals surface area contributed by atoms with Gasteiger partial charge in [-0.3, -0.25) is 4.79 Å². The minimum absolute atomic E-state index is 0.0115. The van der Waals surface area contributed by atoms with Crippen LogP contribution >= 0.6 is 0 Å². The van der Waals surface area contributed by atoms with Crippen molar-refractivity contribution in [2.75, 3.05) is 12.0 Å². The summed E-state index contributed by atoms with van der Waals surface area (Å²) in [5.74, 6) is 0.894. The first kappa shape index (κ1) is 15.2. The van der Waals surface area contributed by atoms with Gasteiger partial charge in [-0.2, -0.15) is 0 Å². The first-order valence-corrected chi connectivity index (χ1v) is 8.38. The Balaban J connectivity index is 1.76. The van der Waals surface area contributed by atoms with Crippen LogP contribution in [0.5, 0.6) is 5.75 Å². The number of Topliss-reactive ketones (excluding diaryl/α,β-unsaturated/α-hetero) is 1. The monoisotopic (exact) mass is 325 g/mol. The van der Waals surface area contributed by atoms with Gasteiger partial charge in [-0.15, -0.1) is 0 Å². The zero-order chi connectivity index (χ0) is 16.7. The number of ketones is 1. The number of methoxy groups -OCH3 is 1. The van der Waals surface area contributed by atoms with E-state index in [2.05, 4.69) is 4.90 Å². The number of anilines is 1. The molecular formula is C20H20FNO2. The van der Waals surface area contributed by atoms with Crippen LogP contribution in [0.3, 0.4) is 0 Å². The average Bonchev–Trinajstić information content (AvgIpc) is 2.62. The molecule has 5 rings (SSSR count). The molecule has 2 aromatic carbocycles. The molecule has 2 heterocycles. The standard InChI is InChI=1S/C20H20FNO2/c1-24-17-9-6-15(7-10-17)22-16-8-11-18(19(23)12-16)20(22)13-2-4-14(21)5-3-13/h2-7,9-10,16,18,20H,8,11-12H2,1H3/t16-,18+,20+/m0/s1. The van der Waals surface area contributed by atoms with E-state index < -0.39 is 0 Å². The molecule has 0 radical (unpaired) electrons. The maximum atomic E-state index is 13.3. The molecule has 124 valence electrons. The van der Waals surface area contributed by atoms with Gasteiger partial charge in [-0.05, 0) is 54.8 Å². The Bertz CT molecular complexity index is 741. The molecule has 0 amide bonds. The molecule has 4 heteroatoms. The third-order valence-electron chi connectivity index (χ3n) is 5.32. The molecule has 3 fully saturated rings. The number of ether oxygens (including phenoxy) is 1. The molecule has 1 aliphatic carbocycles. The molecule has 0 spiro atoms. The molecule has 24 heavy (non-hydrogen) atoms. The molecule has 0 unspecified atom stereocenters. The number of halogens is 1. The molecular weight excluding hydrogens is 305 g/mol. The maximum Gasteiger partial charge on any atom is 0.140 e. The van der Waals surface area contributed by atoms with Gasteiger partial charge in [0, 0.05) is 24.1 Å². The van der Waals surface area contributed by atoms with Gasteiger partial charge in [0.2, 0.25) is 0 Å². The Kier molecular flexibility index (Phi) is 3.75. The zero-order valence-corrected chi connectivity index (χ0v) is 13.6. The molecule has 0 aromatic heterocycles. The lowest BCUT2D eigenvalue weighted by Gasteiger charge is -2.52. The second-order valence-electron chi connectivity index (χ2n) is 6.61. The van der Waals surface area contributed by atoms with Crippen molar-refractivity contribution in [3.05, 3.63) is 59.9 Å². The first-order valence-electron chi connectivity index (χ1n) is 8.38.